The highest BCUT2D eigenvalue weighted by molar-refractivity contribution is 7.13. The molecule has 3 heterocycles. The minimum absolute atomic E-state index is 0.0421. The normalized spacial score (nSPS) is 10.8. The van der Waals surface area contributed by atoms with Crippen molar-refractivity contribution in [2.24, 2.45) is 0 Å². The Morgan fingerprint density at radius 3 is 2.54 bits per heavy atom. The molecule has 4 rings (SSSR count). The maximum Gasteiger partial charge on any atom is 0.257 e. The van der Waals surface area contributed by atoms with Gasteiger partial charge >= 0.3 is 0 Å². The van der Waals surface area contributed by atoms with Gasteiger partial charge in [-0.2, -0.15) is 5.10 Å². The molecule has 0 N–H and O–H groups in total. The van der Waals surface area contributed by atoms with Crippen molar-refractivity contribution in [2.75, 3.05) is 7.05 Å². The fraction of sp³-hybridized carbons (Fsp3) is 0.136. The van der Waals surface area contributed by atoms with Crippen molar-refractivity contribution in [3.63, 3.8) is 0 Å². The zero-order chi connectivity index (χ0) is 19.3. The predicted molar refractivity (Wildman–Crippen MR) is 111 cm³/mol. The molecule has 0 saturated carbocycles. The molecular weight excluding hydrogens is 368 g/mol. The Hall–Kier alpha value is -3.25. The molecule has 0 spiro atoms. The molecule has 0 aliphatic carbocycles. The summed E-state index contributed by atoms with van der Waals surface area (Å²) in [4.78, 5) is 19.9. The average molecular weight is 388 g/mol. The van der Waals surface area contributed by atoms with E-state index in [-0.39, 0.29) is 5.91 Å². The Kier molecular flexibility index (Phi) is 5.30. The Labute approximate surface area is 167 Å². The first-order valence-corrected chi connectivity index (χ1v) is 9.88. The molecule has 0 atom stereocenters. The molecule has 0 bridgehead atoms. The number of benzene rings is 1. The lowest BCUT2D eigenvalue weighted by atomic mass is 10.2. The van der Waals surface area contributed by atoms with Crippen LogP contribution in [0.1, 0.15) is 21.5 Å². The third-order valence-corrected chi connectivity index (χ3v) is 5.33. The van der Waals surface area contributed by atoms with Crippen LogP contribution in [-0.2, 0) is 13.1 Å². The number of nitrogens with zero attached hydrogens (tertiary/aromatic N) is 4. The van der Waals surface area contributed by atoms with E-state index in [1.54, 1.807) is 28.6 Å². The van der Waals surface area contributed by atoms with E-state index in [0.717, 1.165) is 21.7 Å². The third kappa shape index (κ3) is 4.02. The summed E-state index contributed by atoms with van der Waals surface area (Å²) < 4.78 is 1.85. The topological polar surface area (TPSA) is 51.0 Å². The van der Waals surface area contributed by atoms with Gasteiger partial charge in [0.25, 0.3) is 5.91 Å². The fourth-order valence-corrected chi connectivity index (χ4v) is 3.79. The summed E-state index contributed by atoms with van der Waals surface area (Å²) in [5, 5.41) is 6.73. The highest BCUT2D eigenvalue weighted by Gasteiger charge is 2.22. The molecule has 0 fully saturated rings. The molecule has 0 unspecified atom stereocenters. The molecule has 0 saturated heterocycles. The maximum atomic E-state index is 13.2. The Balaban J connectivity index is 1.63. The standard InChI is InChI=1S/C22H20N4OS/c1-25(14-18-9-11-23-12-10-18)22(27)19-16-26(15-17-6-3-2-4-7-17)24-21(19)20-8-5-13-28-20/h2-13,16H,14-15H2,1H3. The van der Waals surface area contributed by atoms with Gasteiger partial charge in [-0.3, -0.25) is 14.5 Å². The lowest BCUT2D eigenvalue weighted by Crippen LogP contribution is -2.26. The molecule has 0 aliphatic heterocycles. The number of thiophene rings is 1. The highest BCUT2D eigenvalue weighted by Crippen LogP contribution is 2.28. The van der Waals surface area contributed by atoms with Crippen molar-refractivity contribution < 1.29 is 4.79 Å². The number of carbonyl (C=O) groups is 1. The number of aromatic nitrogens is 3. The van der Waals surface area contributed by atoms with E-state index in [9.17, 15) is 4.79 Å². The minimum atomic E-state index is -0.0421. The number of amides is 1. The first-order chi connectivity index (χ1) is 13.7. The highest BCUT2D eigenvalue weighted by atomic mass is 32.1. The van der Waals surface area contributed by atoms with Crippen LogP contribution in [0.25, 0.3) is 10.6 Å². The van der Waals surface area contributed by atoms with Crippen molar-refractivity contribution >= 4 is 17.2 Å². The molecule has 0 radical (unpaired) electrons. The summed E-state index contributed by atoms with van der Waals surface area (Å²) in [6.45, 7) is 1.15. The zero-order valence-corrected chi connectivity index (χ0v) is 16.3. The van der Waals surface area contributed by atoms with Gasteiger partial charge in [-0.25, -0.2) is 0 Å². The van der Waals surface area contributed by atoms with Gasteiger partial charge in [0.1, 0.15) is 5.69 Å². The molecule has 4 aromatic rings. The molecule has 3 aromatic heterocycles. The summed E-state index contributed by atoms with van der Waals surface area (Å²) in [7, 11) is 1.81. The van der Waals surface area contributed by atoms with Gasteiger partial charge in [0.05, 0.1) is 17.0 Å². The van der Waals surface area contributed by atoms with Crippen molar-refractivity contribution in [2.45, 2.75) is 13.1 Å². The monoisotopic (exact) mass is 388 g/mol. The van der Waals surface area contributed by atoms with Crippen molar-refractivity contribution in [3.8, 4) is 10.6 Å². The molecular formula is C22H20N4OS. The Morgan fingerprint density at radius 1 is 1.04 bits per heavy atom. The van der Waals surface area contributed by atoms with Crippen molar-refractivity contribution in [3.05, 3.63) is 95.3 Å². The molecule has 140 valence electrons. The number of rotatable bonds is 6. The number of hydrogen-bond acceptors (Lipinski definition) is 4. The first-order valence-electron chi connectivity index (χ1n) is 9.00. The van der Waals surface area contributed by atoms with Crippen molar-refractivity contribution in [1.82, 2.24) is 19.7 Å². The van der Waals surface area contributed by atoms with Gasteiger partial charge in [-0.1, -0.05) is 36.4 Å². The van der Waals surface area contributed by atoms with Crippen LogP contribution in [0.5, 0.6) is 0 Å². The van der Waals surface area contributed by atoms with E-state index >= 15 is 0 Å². The van der Waals surface area contributed by atoms with E-state index in [1.807, 2.05) is 65.8 Å². The van der Waals surface area contributed by atoms with E-state index in [0.29, 0.717) is 18.7 Å². The number of carbonyl (C=O) groups excluding carboxylic acids is 1. The predicted octanol–water partition coefficient (Wildman–Crippen LogP) is 4.33. The second kappa shape index (κ2) is 8.19. The molecule has 1 amide bonds. The van der Waals surface area contributed by atoms with Crippen LogP contribution >= 0.6 is 11.3 Å². The summed E-state index contributed by atoms with van der Waals surface area (Å²) in [6.07, 6.45) is 5.33. The van der Waals surface area contributed by atoms with Crippen LogP contribution in [0.4, 0.5) is 0 Å². The Morgan fingerprint density at radius 2 is 1.82 bits per heavy atom. The summed E-state index contributed by atoms with van der Waals surface area (Å²) >= 11 is 1.59. The van der Waals surface area contributed by atoms with E-state index < -0.39 is 0 Å². The second-order valence-corrected chi connectivity index (χ2v) is 7.52. The molecule has 6 heteroatoms. The molecule has 28 heavy (non-hydrogen) atoms. The summed E-state index contributed by atoms with van der Waals surface area (Å²) in [5.74, 6) is -0.0421. The van der Waals surface area contributed by atoms with Crippen LogP contribution in [0.3, 0.4) is 0 Å². The van der Waals surface area contributed by atoms with Gasteiger partial charge < -0.3 is 4.90 Å². The lowest BCUT2D eigenvalue weighted by molar-refractivity contribution is 0.0785. The lowest BCUT2D eigenvalue weighted by Gasteiger charge is -2.16. The van der Waals surface area contributed by atoms with E-state index in [1.165, 1.54) is 0 Å². The van der Waals surface area contributed by atoms with E-state index in [2.05, 4.69) is 17.1 Å². The largest absolute Gasteiger partial charge is 0.337 e. The minimum Gasteiger partial charge on any atom is -0.337 e. The second-order valence-electron chi connectivity index (χ2n) is 6.57. The summed E-state index contributed by atoms with van der Waals surface area (Å²) in [6, 6.07) is 17.9. The molecule has 0 aliphatic rings. The van der Waals surface area contributed by atoms with Crippen LogP contribution in [0.15, 0.2) is 78.6 Å². The first kappa shape index (κ1) is 18.1. The van der Waals surface area contributed by atoms with Crippen molar-refractivity contribution in [1.29, 1.82) is 0 Å². The van der Waals surface area contributed by atoms with Gasteiger partial charge in [0.2, 0.25) is 0 Å². The fourth-order valence-electron chi connectivity index (χ4n) is 3.06. The molecule has 5 nitrogen and oxygen atoms in total. The number of pyridine rings is 1. The van der Waals surface area contributed by atoms with Crippen LogP contribution in [0, 0.1) is 0 Å². The summed E-state index contributed by atoms with van der Waals surface area (Å²) in [5.41, 5.74) is 3.54. The SMILES string of the molecule is CN(Cc1ccncc1)C(=O)c1cn(Cc2ccccc2)nc1-c1cccs1. The van der Waals surface area contributed by atoms with Crippen LogP contribution in [-0.4, -0.2) is 32.6 Å². The smallest absolute Gasteiger partial charge is 0.257 e. The van der Waals surface area contributed by atoms with Crippen LogP contribution in [0.2, 0.25) is 0 Å². The maximum absolute atomic E-state index is 13.2. The van der Waals surface area contributed by atoms with Crippen LogP contribution < -0.4 is 0 Å². The number of hydrogen-bond donors (Lipinski definition) is 0. The third-order valence-electron chi connectivity index (χ3n) is 4.45. The zero-order valence-electron chi connectivity index (χ0n) is 15.5. The van der Waals surface area contributed by atoms with E-state index in [4.69, 9.17) is 5.10 Å². The van der Waals surface area contributed by atoms with Gasteiger partial charge in [-0.05, 0) is 34.7 Å². The Bertz CT molecular complexity index is 1040. The molecule has 1 aromatic carbocycles. The van der Waals surface area contributed by atoms with Gasteiger partial charge in [0, 0.05) is 32.2 Å². The average Bonchev–Trinajstić information content (AvgIpc) is 3.39. The van der Waals surface area contributed by atoms with Gasteiger partial charge in [0.15, 0.2) is 0 Å². The van der Waals surface area contributed by atoms with Gasteiger partial charge in [-0.15, -0.1) is 11.3 Å². The quantitative estimate of drug-likeness (QED) is 0.494.